The van der Waals surface area contributed by atoms with Crippen LogP contribution in [0.25, 0.3) is 11.4 Å². The minimum Gasteiger partial charge on any atom is -0.491 e. The number of hydrogen-bond acceptors (Lipinski definition) is 8. The number of aliphatic hydroxyl groups excluding tert-OH is 1. The Morgan fingerprint density at radius 3 is 2.73 bits per heavy atom. The molecule has 2 aromatic rings. The smallest absolute Gasteiger partial charge is 0.161 e. The minimum absolute atomic E-state index is 0.234. The number of likely N-dealkylation sites (N-methyl/N-ethyl adjacent to an activating group) is 1. The van der Waals surface area contributed by atoms with Gasteiger partial charge in [-0.15, -0.1) is 0 Å². The van der Waals surface area contributed by atoms with Crippen molar-refractivity contribution in [3.05, 3.63) is 36.0 Å². The summed E-state index contributed by atoms with van der Waals surface area (Å²) in [5.41, 5.74) is 2.04. The van der Waals surface area contributed by atoms with Gasteiger partial charge in [-0.1, -0.05) is 12.1 Å². The highest BCUT2D eigenvalue weighted by Gasteiger charge is 2.24. The van der Waals surface area contributed by atoms with Crippen molar-refractivity contribution in [1.29, 1.82) is 0 Å². The molecule has 1 atom stereocenters. The zero-order valence-corrected chi connectivity index (χ0v) is 19.8. The fraction of sp³-hybridized carbons (Fsp3) is 0.600. The van der Waals surface area contributed by atoms with Gasteiger partial charge in [0.1, 0.15) is 24.3 Å². The molecule has 1 aromatic heterocycles. The highest BCUT2D eigenvalue weighted by molar-refractivity contribution is 5.60. The second-order valence-corrected chi connectivity index (χ2v) is 9.00. The number of ether oxygens (including phenoxy) is 2. The molecule has 4 rings (SSSR count). The molecule has 180 valence electrons. The van der Waals surface area contributed by atoms with Crippen LogP contribution in [0.4, 0.5) is 5.82 Å². The molecule has 2 aliphatic rings. The number of hydrogen-bond donors (Lipinski definition) is 3. The Hall–Kier alpha value is -2.26. The largest absolute Gasteiger partial charge is 0.491 e. The Balaban J connectivity index is 1.61. The van der Waals surface area contributed by atoms with Crippen LogP contribution < -0.4 is 20.3 Å². The van der Waals surface area contributed by atoms with Crippen LogP contribution in [-0.4, -0.2) is 80.8 Å². The summed E-state index contributed by atoms with van der Waals surface area (Å²) in [5, 5.41) is 16.4. The SMILES string of the molecule is CNCC(O)COc1cccc(-c2nc(C3CCNCC3)cc(N(C)C3CCOCC3)n2)c1. The average molecular weight is 456 g/mol. The average Bonchev–Trinajstić information content (AvgIpc) is 2.88. The Labute approximate surface area is 196 Å². The Bertz CT molecular complexity index is 884. The van der Waals surface area contributed by atoms with E-state index in [0.717, 1.165) is 74.9 Å². The number of anilines is 1. The Morgan fingerprint density at radius 1 is 1.18 bits per heavy atom. The van der Waals surface area contributed by atoms with E-state index < -0.39 is 6.10 Å². The van der Waals surface area contributed by atoms with Crippen LogP contribution in [0.5, 0.6) is 5.75 Å². The summed E-state index contributed by atoms with van der Waals surface area (Å²) in [7, 11) is 3.95. The molecule has 3 N–H and O–H groups in total. The van der Waals surface area contributed by atoms with Crippen LogP contribution in [0, 0.1) is 0 Å². The quantitative estimate of drug-likeness (QED) is 0.530. The number of nitrogens with one attached hydrogen (secondary N) is 2. The van der Waals surface area contributed by atoms with Gasteiger partial charge >= 0.3 is 0 Å². The Morgan fingerprint density at radius 2 is 1.97 bits per heavy atom. The topological polar surface area (TPSA) is 91.8 Å². The molecule has 0 saturated carbocycles. The van der Waals surface area contributed by atoms with Crippen LogP contribution in [0.2, 0.25) is 0 Å². The fourth-order valence-corrected chi connectivity index (χ4v) is 4.56. The van der Waals surface area contributed by atoms with Crippen LogP contribution in [0.3, 0.4) is 0 Å². The molecule has 0 amide bonds. The van der Waals surface area contributed by atoms with Crippen molar-refractivity contribution >= 4 is 5.82 Å². The summed E-state index contributed by atoms with van der Waals surface area (Å²) in [6, 6.07) is 10.5. The predicted molar refractivity (Wildman–Crippen MR) is 130 cm³/mol. The van der Waals surface area contributed by atoms with E-state index in [-0.39, 0.29) is 6.61 Å². The second kappa shape index (κ2) is 11.7. The molecule has 1 aromatic carbocycles. The van der Waals surface area contributed by atoms with Crippen molar-refractivity contribution in [3.8, 4) is 17.1 Å². The van der Waals surface area contributed by atoms with E-state index in [9.17, 15) is 5.11 Å². The molecule has 2 aliphatic heterocycles. The molecule has 1 unspecified atom stereocenters. The standard InChI is InChI=1S/C25H37N5O3/c1-26-16-21(31)17-33-22-5-3-4-19(14-22)25-28-23(18-6-10-27-11-7-18)15-24(29-25)30(2)20-8-12-32-13-9-20/h3-5,14-15,18,20-21,26-27,31H,6-13,16-17H2,1-2H3. The number of piperidine rings is 1. The number of benzene rings is 1. The molecule has 0 radical (unpaired) electrons. The molecular formula is C25H37N5O3. The summed E-state index contributed by atoms with van der Waals surface area (Å²) in [5.74, 6) is 2.83. The highest BCUT2D eigenvalue weighted by atomic mass is 16.5. The van der Waals surface area contributed by atoms with E-state index in [0.29, 0.717) is 24.3 Å². The van der Waals surface area contributed by atoms with Crippen LogP contribution in [-0.2, 0) is 4.74 Å². The number of rotatable bonds is 9. The van der Waals surface area contributed by atoms with Gasteiger partial charge in [-0.2, -0.15) is 0 Å². The van der Waals surface area contributed by atoms with Crippen molar-refractivity contribution in [2.75, 3.05) is 58.5 Å². The van der Waals surface area contributed by atoms with Crippen molar-refractivity contribution < 1.29 is 14.6 Å². The van der Waals surface area contributed by atoms with Gasteiger partial charge in [0.05, 0.1) is 0 Å². The summed E-state index contributed by atoms with van der Waals surface area (Å²) in [6.07, 6.45) is 3.64. The number of aromatic nitrogens is 2. The predicted octanol–water partition coefficient (Wildman–Crippen LogP) is 2.18. The number of aliphatic hydroxyl groups is 1. The van der Waals surface area contributed by atoms with Gasteiger partial charge in [0.2, 0.25) is 0 Å². The monoisotopic (exact) mass is 455 g/mol. The van der Waals surface area contributed by atoms with Gasteiger partial charge in [0, 0.05) is 56.1 Å². The summed E-state index contributed by atoms with van der Waals surface area (Å²) < 4.78 is 11.4. The molecule has 33 heavy (non-hydrogen) atoms. The van der Waals surface area contributed by atoms with E-state index in [4.69, 9.17) is 19.4 Å². The third kappa shape index (κ3) is 6.41. The zero-order chi connectivity index (χ0) is 23.0. The molecule has 0 spiro atoms. The normalized spacial score (nSPS) is 18.8. The first-order valence-electron chi connectivity index (χ1n) is 12.1. The van der Waals surface area contributed by atoms with Crippen molar-refractivity contribution in [1.82, 2.24) is 20.6 Å². The van der Waals surface area contributed by atoms with Crippen molar-refractivity contribution in [3.63, 3.8) is 0 Å². The first-order valence-corrected chi connectivity index (χ1v) is 12.1. The molecule has 8 heteroatoms. The number of nitrogens with zero attached hydrogens (tertiary/aromatic N) is 3. The maximum atomic E-state index is 9.97. The lowest BCUT2D eigenvalue weighted by Gasteiger charge is -2.33. The summed E-state index contributed by atoms with van der Waals surface area (Å²) >= 11 is 0. The summed E-state index contributed by atoms with van der Waals surface area (Å²) in [4.78, 5) is 12.3. The van der Waals surface area contributed by atoms with Gasteiger partial charge in [0.25, 0.3) is 0 Å². The van der Waals surface area contributed by atoms with Crippen molar-refractivity contribution in [2.45, 2.75) is 43.7 Å². The lowest BCUT2D eigenvalue weighted by molar-refractivity contribution is 0.0853. The summed E-state index contributed by atoms with van der Waals surface area (Å²) in [6.45, 7) is 4.36. The maximum Gasteiger partial charge on any atom is 0.161 e. The Kier molecular flexibility index (Phi) is 8.50. The van der Waals surface area contributed by atoms with E-state index in [1.54, 1.807) is 0 Å². The third-order valence-corrected chi connectivity index (χ3v) is 6.56. The second-order valence-electron chi connectivity index (χ2n) is 9.00. The van der Waals surface area contributed by atoms with Gasteiger partial charge in [0.15, 0.2) is 5.82 Å². The van der Waals surface area contributed by atoms with E-state index >= 15 is 0 Å². The van der Waals surface area contributed by atoms with E-state index in [1.807, 2.05) is 31.3 Å². The third-order valence-electron chi connectivity index (χ3n) is 6.56. The van der Waals surface area contributed by atoms with Crippen LogP contribution in [0.15, 0.2) is 30.3 Å². The van der Waals surface area contributed by atoms with Crippen LogP contribution in [0.1, 0.15) is 37.3 Å². The highest BCUT2D eigenvalue weighted by Crippen LogP contribution is 2.31. The lowest BCUT2D eigenvalue weighted by Crippen LogP contribution is -2.37. The minimum atomic E-state index is -0.558. The fourth-order valence-electron chi connectivity index (χ4n) is 4.56. The molecular weight excluding hydrogens is 418 g/mol. The molecule has 0 aliphatic carbocycles. The van der Waals surface area contributed by atoms with Gasteiger partial charge in [-0.05, 0) is 58.0 Å². The molecule has 2 fully saturated rings. The molecule has 0 bridgehead atoms. The molecule has 8 nitrogen and oxygen atoms in total. The first kappa shape index (κ1) is 23.9. The first-order chi connectivity index (χ1) is 16.1. The van der Waals surface area contributed by atoms with Gasteiger partial charge in [-0.3, -0.25) is 0 Å². The van der Waals surface area contributed by atoms with E-state index in [1.165, 1.54) is 0 Å². The van der Waals surface area contributed by atoms with E-state index in [2.05, 4.69) is 28.6 Å². The zero-order valence-electron chi connectivity index (χ0n) is 19.8. The molecule has 2 saturated heterocycles. The van der Waals surface area contributed by atoms with Gasteiger partial charge < -0.3 is 30.1 Å². The molecule has 3 heterocycles. The van der Waals surface area contributed by atoms with Crippen LogP contribution >= 0.6 is 0 Å². The van der Waals surface area contributed by atoms with Crippen molar-refractivity contribution in [2.24, 2.45) is 0 Å². The lowest BCUT2D eigenvalue weighted by atomic mass is 9.94. The van der Waals surface area contributed by atoms with Gasteiger partial charge in [-0.25, -0.2) is 9.97 Å². The maximum absolute atomic E-state index is 9.97.